The highest BCUT2D eigenvalue weighted by Gasteiger charge is 2.29. The lowest BCUT2D eigenvalue weighted by Crippen LogP contribution is -2.47. The zero-order valence-electron chi connectivity index (χ0n) is 18.2. The van der Waals surface area contributed by atoms with E-state index in [0.29, 0.717) is 43.7 Å². The number of benzene rings is 1. The van der Waals surface area contributed by atoms with Gasteiger partial charge in [0.2, 0.25) is 0 Å². The number of nitrogens with one attached hydrogen (secondary N) is 1. The van der Waals surface area contributed by atoms with Crippen molar-refractivity contribution >= 4 is 5.69 Å². The van der Waals surface area contributed by atoms with Gasteiger partial charge >= 0.3 is 11.9 Å². The maximum absolute atomic E-state index is 12.5. The van der Waals surface area contributed by atoms with E-state index in [4.69, 9.17) is 4.74 Å². The molecule has 3 rings (SSSR count). The minimum Gasteiger partial charge on any atom is -0.482 e. The largest absolute Gasteiger partial charge is 0.482 e. The molecule has 0 bridgehead atoms. The molecule has 1 aliphatic rings. The number of anilines is 1. The lowest BCUT2D eigenvalue weighted by molar-refractivity contribution is -0.153. The topological polar surface area (TPSA) is 70.6 Å². The van der Waals surface area contributed by atoms with Crippen molar-refractivity contribution in [3.8, 4) is 5.75 Å². The van der Waals surface area contributed by atoms with Gasteiger partial charge in [-0.1, -0.05) is 25.5 Å². The molecular weight excluding hydrogens is 425 g/mol. The molecule has 0 spiro atoms. The molecule has 7 nitrogen and oxygen atoms in total. The second kappa shape index (κ2) is 10.7. The van der Waals surface area contributed by atoms with Crippen molar-refractivity contribution < 1.29 is 17.9 Å². The van der Waals surface area contributed by atoms with Crippen LogP contribution in [0.4, 0.5) is 18.9 Å². The average molecular weight is 454 g/mol. The summed E-state index contributed by atoms with van der Waals surface area (Å²) in [6.07, 6.45) is -0.767. The zero-order chi connectivity index (χ0) is 23.1. The first-order valence-corrected chi connectivity index (χ1v) is 10.9. The molecular formula is C22H29F3N4O3. The molecule has 0 atom stereocenters. The number of H-pyrrole nitrogens is 1. The second-order valence-electron chi connectivity index (χ2n) is 7.88. The quantitative estimate of drug-likeness (QED) is 0.631. The summed E-state index contributed by atoms with van der Waals surface area (Å²) in [7, 11) is 0. The number of halogens is 3. The van der Waals surface area contributed by atoms with Crippen LogP contribution in [0.3, 0.4) is 0 Å². The molecule has 1 aromatic heterocycles. The molecule has 1 aromatic carbocycles. The Morgan fingerprint density at radius 1 is 1.06 bits per heavy atom. The van der Waals surface area contributed by atoms with Gasteiger partial charge in [-0.3, -0.25) is 14.3 Å². The number of hydrogen-bond acceptors (Lipinski definition) is 5. The number of alkyl halides is 3. The van der Waals surface area contributed by atoms with Gasteiger partial charge in [-0.25, -0.2) is 4.79 Å². The summed E-state index contributed by atoms with van der Waals surface area (Å²) in [6.45, 7) is 4.50. The number of aromatic nitrogens is 2. The second-order valence-corrected chi connectivity index (χ2v) is 7.88. The Balaban J connectivity index is 1.52. The first kappa shape index (κ1) is 23.9. The molecule has 0 radical (unpaired) electrons. The molecule has 0 unspecified atom stereocenters. The number of aromatic amines is 1. The van der Waals surface area contributed by atoms with Gasteiger partial charge in [-0.15, -0.1) is 0 Å². The van der Waals surface area contributed by atoms with Crippen LogP contribution in [-0.2, 0) is 13.0 Å². The van der Waals surface area contributed by atoms with Gasteiger partial charge < -0.3 is 14.6 Å². The Morgan fingerprint density at radius 2 is 1.78 bits per heavy atom. The molecule has 176 valence electrons. The van der Waals surface area contributed by atoms with E-state index in [1.807, 2.05) is 11.8 Å². The van der Waals surface area contributed by atoms with E-state index >= 15 is 0 Å². The van der Waals surface area contributed by atoms with E-state index < -0.39 is 18.5 Å². The van der Waals surface area contributed by atoms with Crippen LogP contribution in [0.5, 0.6) is 5.75 Å². The standard InChI is InChI=1S/C22H29F3N4O3/c1-2-6-17-15-26-21(31)29(20(17)30)10-5-9-27-11-13-28(14-12-27)18-7-3-4-8-19(18)32-16-22(23,24)25/h3-4,7-8,15H,2,5-6,9-14,16H2,1H3,(H,26,31). The maximum Gasteiger partial charge on any atom is 0.422 e. The van der Waals surface area contributed by atoms with Gasteiger partial charge in [-0.2, -0.15) is 13.2 Å². The fourth-order valence-electron chi connectivity index (χ4n) is 3.87. The van der Waals surface area contributed by atoms with E-state index in [2.05, 4.69) is 9.88 Å². The van der Waals surface area contributed by atoms with Gasteiger partial charge in [-0.05, 0) is 31.5 Å². The van der Waals surface area contributed by atoms with Crippen LogP contribution in [0.2, 0.25) is 0 Å². The van der Waals surface area contributed by atoms with Crippen LogP contribution in [0.15, 0.2) is 40.1 Å². The number of para-hydroxylation sites is 2. The maximum atomic E-state index is 12.5. The number of rotatable bonds is 9. The minimum absolute atomic E-state index is 0.226. The molecule has 0 saturated carbocycles. The van der Waals surface area contributed by atoms with Crippen molar-refractivity contribution in [2.45, 2.75) is 38.9 Å². The van der Waals surface area contributed by atoms with Gasteiger partial charge in [0.1, 0.15) is 5.75 Å². The fraction of sp³-hybridized carbons (Fsp3) is 0.545. The highest BCUT2D eigenvalue weighted by atomic mass is 19.4. The van der Waals surface area contributed by atoms with Gasteiger partial charge in [0.05, 0.1) is 5.69 Å². The Hall–Kier alpha value is -2.75. The molecule has 2 heterocycles. The Labute approximate surface area is 184 Å². The molecule has 1 N–H and O–H groups in total. The Bertz CT molecular complexity index is 995. The minimum atomic E-state index is -4.38. The van der Waals surface area contributed by atoms with E-state index in [1.165, 1.54) is 10.8 Å². The third-order valence-corrected chi connectivity index (χ3v) is 5.48. The summed E-state index contributed by atoms with van der Waals surface area (Å²) in [5.41, 5.74) is 0.653. The van der Waals surface area contributed by atoms with Crippen LogP contribution in [0.25, 0.3) is 0 Å². The summed E-state index contributed by atoms with van der Waals surface area (Å²) < 4.78 is 43.8. The van der Waals surface area contributed by atoms with Crippen molar-refractivity contribution in [2.75, 3.05) is 44.2 Å². The number of ether oxygens (including phenoxy) is 1. The van der Waals surface area contributed by atoms with Gasteiger partial charge in [0, 0.05) is 44.5 Å². The fourth-order valence-corrected chi connectivity index (χ4v) is 3.87. The zero-order valence-corrected chi connectivity index (χ0v) is 18.2. The summed E-state index contributed by atoms with van der Waals surface area (Å²) in [5.74, 6) is 0.226. The smallest absolute Gasteiger partial charge is 0.422 e. The van der Waals surface area contributed by atoms with E-state index in [-0.39, 0.29) is 11.3 Å². The highest BCUT2D eigenvalue weighted by Crippen LogP contribution is 2.30. The Kier molecular flexibility index (Phi) is 8.00. The third-order valence-electron chi connectivity index (χ3n) is 5.48. The number of aryl methyl sites for hydroxylation is 1. The van der Waals surface area contributed by atoms with E-state index in [0.717, 1.165) is 26.1 Å². The van der Waals surface area contributed by atoms with E-state index in [9.17, 15) is 22.8 Å². The summed E-state index contributed by atoms with van der Waals surface area (Å²) in [4.78, 5) is 31.4. The lowest BCUT2D eigenvalue weighted by atomic mass is 10.2. The van der Waals surface area contributed by atoms with Crippen LogP contribution < -0.4 is 20.9 Å². The average Bonchev–Trinajstić information content (AvgIpc) is 2.77. The van der Waals surface area contributed by atoms with Crippen molar-refractivity contribution in [3.05, 3.63) is 56.9 Å². The lowest BCUT2D eigenvalue weighted by Gasteiger charge is -2.36. The SMILES string of the molecule is CCCc1c[nH]c(=O)n(CCCN2CCN(c3ccccc3OCC(F)(F)F)CC2)c1=O. The number of piperazine rings is 1. The summed E-state index contributed by atoms with van der Waals surface area (Å²) >= 11 is 0. The van der Waals surface area contributed by atoms with Gasteiger partial charge in [0.25, 0.3) is 5.56 Å². The van der Waals surface area contributed by atoms with Crippen molar-refractivity contribution in [1.29, 1.82) is 0 Å². The first-order chi connectivity index (χ1) is 15.3. The van der Waals surface area contributed by atoms with Crippen LogP contribution in [-0.4, -0.2) is 60.0 Å². The van der Waals surface area contributed by atoms with Crippen LogP contribution in [0.1, 0.15) is 25.3 Å². The first-order valence-electron chi connectivity index (χ1n) is 10.9. The molecule has 10 heteroatoms. The molecule has 2 aromatic rings. The number of hydrogen-bond donors (Lipinski definition) is 1. The van der Waals surface area contributed by atoms with Crippen molar-refractivity contribution in [1.82, 2.24) is 14.5 Å². The van der Waals surface area contributed by atoms with Crippen LogP contribution in [0, 0.1) is 0 Å². The molecule has 1 saturated heterocycles. The van der Waals surface area contributed by atoms with E-state index in [1.54, 1.807) is 24.3 Å². The predicted octanol–water partition coefficient (Wildman–Crippen LogP) is 2.64. The Morgan fingerprint density at radius 3 is 2.47 bits per heavy atom. The summed E-state index contributed by atoms with van der Waals surface area (Å²) in [5, 5.41) is 0. The molecule has 1 aliphatic heterocycles. The molecule has 32 heavy (non-hydrogen) atoms. The third kappa shape index (κ3) is 6.38. The van der Waals surface area contributed by atoms with Crippen molar-refractivity contribution in [2.24, 2.45) is 0 Å². The predicted molar refractivity (Wildman–Crippen MR) is 117 cm³/mol. The highest BCUT2D eigenvalue weighted by molar-refractivity contribution is 5.58. The monoisotopic (exact) mass is 454 g/mol. The normalized spacial score (nSPS) is 15.2. The molecule has 1 fully saturated rings. The summed E-state index contributed by atoms with van der Waals surface area (Å²) in [6, 6.07) is 6.76. The van der Waals surface area contributed by atoms with Gasteiger partial charge in [0.15, 0.2) is 6.61 Å². The molecule has 0 amide bonds. The molecule has 0 aliphatic carbocycles. The van der Waals surface area contributed by atoms with Crippen LogP contribution >= 0.6 is 0 Å². The van der Waals surface area contributed by atoms with Crippen molar-refractivity contribution in [3.63, 3.8) is 0 Å². The number of nitrogens with zero attached hydrogens (tertiary/aromatic N) is 3.